The van der Waals surface area contributed by atoms with Crippen LogP contribution in [0.5, 0.6) is 0 Å². The Morgan fingerprint density at radius 2 is 1.81 bits per heavy atom. The predicted molar refractivity (Wildman–Crippen MR) is 76.2 cm³/mol. The summed E-state index contributed by atoms with van der Waals surface area (Å²) in [6, 6.07) is 0. The lowest BCUT2D eigenvalue weighted by molar-refractivity contribution is 0.267. The van der Waals surface area contributed by atoms with Crippen molar-refractivity contribution in [2.75, 3.05) is 31.2 Å². The van der Waals surface area contributed by atoms with E-state index >= 15 is 0 Å². The highest BCUT2D eigenvalue weighted by molar-refractivity contribution is 7.92. The van der Waals surface area contributed by atoms with Gasteiger partial charge in [0, 0.05) is 13.1 Å². The third-order valence-corrected chi connectivity index (χ3v) is 7.29. The van der Waals surface area contributed by atoms with Gasteiger partial charge in [0.15, 0.2) is 9.84 Å². The van der Waals surface area contributed by atoms with Crippen LogP contribution in [-0.4, -0.2) is 67.2 Å². The fourth-order valence-electron chi connectivity index (χ4n) is 2.43. The van der Waals surface area contributed by atoms with E-state index < -0.39 is 19.9 Å². The SMILES string of the molecule is Cc1nn(CCO)c(C)c1S(=O)(=O)N1CCS(=O)(=O)CC1. The number of hydrogen-bond acceptors (Lipinski definition) is 6. The van der Waals surface area contributed by atoms with Crippen molar-refractivity contribution in [3.8, 4) is 0 Å². The highest BCUT2D eigenvalue weighted by Crippen LogP contribution is 2.24. The number of nitrogens with zero attached hydrogens (tertiary/aromatic N) is 3. The average Bonchev–Trinajstić information content (AvgIpc) is 2.65. The van der Waals surface area contributed by atoms with E-state index in [-0.39, 0.29) is 42.6 Å². The van der Waals surface area contributed by atoms with Crippen molar-refractivity contribution in [1.29, 1.82) is 0 Å². The molecular weight excluding hydrogens is 318 g/mol. The molecule has 0 saturated carbocycles. The maximum Gasteiger partial charge on any atom is 0.246 e. The molecule has 0 unspecified atom stereocenters. The minimum absolute atomic E-state index is 0.0330. The number of sulfone groups is 1. The Bertz CT molecular complexity index is 722. The van der Waals surface area contributed by atoms with Crippen LogP contribution in [0.15, 0.2) is 4.90 Å². The van der Waals surface area contributed by atoms with Gasteiger partial charge in [-0.05, 0) is 13.8 Å². The Balaban J connectivity index is 2.37. The summed E-state index contributed by atoms with van der Waals surface area (Å²) in [4.78, 5) is 0.107. The summed E-state index contributed by atoms with van der Waals surface area (Å²) in [6.45, 7) is 3.24. The molecule has 0 aromatic carbocycles. The Labute approximate surface area is 124 Å². The molecule has 2 heterocycles. The van der Waals surface area contributed by atoms with E-state index in [1.54, 1.807) is 13.8 Å². The minimum atomic E-state index is -3.77. The zero-order chi connectivity index (χ0) is 15.8. The number of aromatic nitrogens is 2. The summed E-state index contributed by atoms with van der Waals surface area (Å²) in [7, 11) is -6.91. The smallest absolute Gasteiger partial charge is 0.246 e. The van der Waals surface area contributed by atoms with Gasteiger partial charge in [0.05, 0.1) is 36.0 Å². The van der Waals surface area contributed by atoms with Crippen LogP contribution < -0.4 is 0 Å². The lowest BCUT2D eigenvalue weighted by atomic mass is 10.4. The summed E-state index contributed by atoms with van der Waals surface area (Å²) in [5, 5.41) is 13.1. The van der Waals surface area contributed by atoms with E-state index in [9.17, 15) is 16.8 Å². The topological polar surface area (TPSA) is 110 Å². The molecule has 0 atom stereocenters. The fraction of sp³-hybridized carbons (Fsp3) is 0.727. The highest BCUT2D eigenvalue weighted by atomic mass is 32.2. The maximum atomic E-state index is 12.7. The first-order valence-electron chi connectivity index (χ1n) is 6.54. The number of aryl methyl sites for hydroxylation is 1. The van der Waals surface area contributed by atoms with Crippen molar-refractivity contribution in [3.05, 3.63) is 11.4 Å². The van der Waals surface area contributed by atoms with E-state index in [1.165, 1.54) is 8.99 Å². The molecule has 1 aliphatic heterocycles. The van der Waals surface area contributed by atoms with Crippen LogP contribution in [0.2, 0.25) is 0 Å². The van der Waals surface area contributed by atoms with Gasteiger partial charge in [-0.25, -0.2) is 16.8 Å². The molecule has 0 bridgehead atoms. The highest BCUT2D eigenvalue weighted by Gasteiger charge is 2.34. The Morgan fingerprint density at radius 3 is 2.33 bits per heavy atom. The Morgan fingerprint density at radius 1 is 1.24 bits per heavy atom. The molecule has 1 aliphatic rings. The Hall–Kier alpha value is -0.970. The van der Waals surface area contributed by atoms with E-state index in [0.717, 1.165) is 0 Å². The van der Waals surface area contributed by atoms with Gasteiger partial charge in [-0.2, -0.15) is 9.40 Å². The molecule has 21 heavy (non-hydrogen) atoms. The predicted octanol–water partition coefficient (Wildman–Crippen LogP) is -1.09. The standard InChI is InChI=1S/C11H19N3O5S2/c1-9-11(10(2)14(12-9)3-6-15)21(18,19)13-4-7-20(16,17)8-5-13/h15H,3-8H2,1-2H3. The van der Waals surface area contributed by atoms with Crippen molar-refractivity contribution in [3.63, 3.8) is 0 Å². The normalized spacial score (nSPS) is 19.8. The van der Waals surface area contributed by atoms with Gasteiger partial charge in [0.2, 0.25) is 10.0 Å². The molecule has 0 aliphatic carbocycles. The summed E-state index contributed by atoms with van der Waals surface area (Å²) >= 11 is 0. The first-order chi connectivity index (χ1) is 9.69. The van der Waals surface area contributed by atoms with Gasteiger partial charge in [0.25, 0.3) is 0 Å². The molecule has 10 heteroatoms. The molecule has 0 radical (unpaired) electrons. The van der Waals surface area contributed by atoms with E-state index in [1.807, 2.05) is 0 Å². The quantitative estimate of drug-likeness (QED) is 0.748. The first-order valence-corrected chi connectivity index (χ1v) is 9.80. The summed E-state index contributed by atoms with van der Waals surface area (Å²) in [5.41, 5.74) is 0.810. The molecule has 1 aromatic rings. The molecule has 1 N–H and O–H groups in total. The molecule has 2 rings (SSSR count). The summed E-state index contributed by atoms with van der Waals surface area (Å²) < 4.78 is 50.8. The zero-order valence-corrected chi connectivity index (χ0v) is 13.6. The van der Waals surface area contributed by atoms with Crippen LogP contribution in [0.4, 0.5) is 0 Å². The van der Waals surface area contributed by atoms with Gasteiger partial charge < -0.3 is 5.11 Å². The largest absolute Gasteiger partial charge is 0.394 e. The molecule has 8 nitrogen and oxygen atoms in total. The monoisotopic (exact) mass is 337 g/mol. The first kappa shape index (κ1) is 16.4. The van der Waals surface area contributed by atoms with Crippen molar-refractivity contribution in [2.24, 2.45) is 0 Å². The molecule has 0 spiro atoms. The van der Waals surface area contributed by atoms with Crippen LogP contribution in [0, 0.1) is 13.8 Å². The molecule has 1 saturated heterocycles. The second-order valence-corrected chi connectivity index (χ2v) is 9.18. The molecular formula is C11H19N3O5S2. The van der Waals surface area contributed by atoms with Gasteiger partial charge in [-0.1, -0.05) is 0 Å². The zero-order valence-electron chi connectivity index (χ0n) is 12.0. The van der Waals surface area contributed by atoms with E-state index in [2.05, 4.69) is 5.10 Å². The van der Waals surface area contributed by atoms with Crippen LogP contribution in [0.1, 0.15) is 11.4 Å². The van der Waals surface area contributed by atoms with Crippen LogP contribution in [0.25, 0.3) is 0 Å². The van der Waals surface area contributed by atoms with Crippen molar-refractivity contribution < 1.29 is 21.9 Å². The molecule has 0 amide bonds. The van der Waals surface area contributed by atoms with Crippen molar-refractivity contribution in [2.45, 2.75) is 25.3 Å². The van der Waals surface area contributed by atoms with E-state index in [4.69, 9.17) is 5.11 Å². The molecule has 120 valence electrons. The summed E-state index contributed by atoms with van der Waals surface area (Å²) in [5.74, 6) is -0.315. The van der Waals surface area contributed by atoms with Gasteiger partial charge in [-0.15, -0.1) is 0 Å². The molecule has 1 fully saturated rings. The number of sulfonamides is 1. The number of hydrogen-bond donors (Lipinski definition) is 1. The van der Waals surface area contributed by atoms with Crippen LogP contribution in [-0.2, 0) is 26.4 Å². The third-order valence-electron chi connectivity index (χ3n) is 3.53. The second-order valence-electron chi connectivity index (χ2n) is 5.00. The van der Waals surface area contributed by atoms with E-state index in [0.29, 0.717) is 11.4 Å². The van der Waals surface area contributed by atoms with Crippen molar-refractivity contribution >= 4 is 19.9 Å². The van der Waals surface area contributed by atoms with Crippen LogP contribution in [0.3, 0.4) is 0 Å². The maximum absolute atomic E-state index is 12.7. The van der Waals surface area contributed by atoms with Crippen LogP contribution >= 0.6 is 0 Å². The number of aliphatic hydroxyl groups is 1. The van der Waals surface area contributed by atoms with Gasteiger partial charge in [-0.3, -0.25) is 4.68 Å². The average molecular weight is 337 g/mol. The summed E-state index contributed by atoms with van der Waals surface area (Å²) in [6.07, 6.45) is 0. The lowest BCUT2D eigenvalue weighted by Crippen LogP contribution is -2.43. The third kappa shape index (κ3) is 3.12. The minimum Gasteiger partial charge on any atom is -0.394 e. The number of aliphatic hydroxyl groups excluding tert-OH is 1. The lowest BCUT2D eigenvalue weighted by Gasteiger charge is -2.26. The van der Waals surface area contributed by atoms with Crippen molar-refractivity contribution in [1.82, 2.24) is 14.1 Å². The van der Waals surface area contributed by atoms with Gasteiger partial charge in [0.1, 0.15) is 4.90 Å². The van der Waals surface area contributed by atoms with Gasteiger partial charge >= 0.3 is 0 Å². The Kier molecular flexibility index (Phi) is 4.43. The second kappa shape index (κ2) is 5.67. The molecule has 1 aromatic heterocycles. The number of rotatable bonds is 4. The fourth-order valence-corrected chi connectivity index (χ4v) is 5.68.